The highest BCUT2D eigenvalue weighted by atomic mass is 35.5. The van der Waals surface area contributed by atoms with Gasteiger partial charge in [-0.1, -0.05) is 74.1 Å². The van der Waals surface area contributed by atoms with E-state index in [1.807, 2.05) is 128 Å². The number of hydrogen-bond donors (Lipinski definition) is 7. The summed E-state index contributed by atoms with van der Waals surface area (Å²) in [4.78, 5) is 90.7. The van der Waals surface area contributed by atoms with Crippen LogP contribution in [0.1, 0.15) is 300 Å². The van der Waals surface area contributed by atoms with Crippen molar-refractivity contribution in [3.63, 3.8) is 0 Å². The number of benzene rings is 4. The van der Waals surface area contributed by atoms with Crippen LogP contribution in [0.25, 0.3) is 22.1 Å². The number of Topliss-reactive ketones (excluding diaryl/α,β-unsaturated/α-hetero) is 3. The molecule has 1 spiro atoms. The Morgan fingerprint density at radius 1 is 0.404 bits per heavy atom. The van der Waals surface area contributed by atoms with E-state index in [-0.39, 0.29) is 221 Å². The number of imidazole rings is 4. The molecule has 8 aromatic heterocycles. The minimum absolute atomic E-state index is 0. The summed E-state index contributed by atoms with van der Waals surface area (Å²) in [5.74, 6) is -1.22. The number of fused-ring (bicyclic) bond motifs is 4. The first-order chi connectivity index (χ1) is 64.9. The SMILES string of the molecule is Cc1nc([C@@H](C)c2cc(Cl)c(F)c(C(=O)CC3CC(O)C3)c2OC(C)C)n2ccnc(N)c12.Cc1nc([C@@H](C)c2cc(Cl)c(F)c(C(=O)CC3CC(O)C3)c2OC(C)C)n2ccnc(N)c12.Cc1nc([C@@H](C)c2cc(Cl)c(F)c(C(=O)CC3CCC(O)CC3)c2OC(C)C)n2ccnc(N)c12.Cc1nc([C@@H](C)c2cc(Cl)c(F)c(C(=O)N3CCC4(CC3)COC4)c2OC(C)C)n2ccnc(N)c12.S.S.S.S. The van der Waals surface area contributed by atoms with Crippen molar-refractivity contribution in [3.8, 4) is 23.0 Å². The largest absolute Gasteiger partial charge is 0.490 e. The molecule has 17 rings (SSSR count). The van der Waals surface area contributed by atoms with Crippen LogP contribution < -0.4 is 41.9 Å². The molecule has 10 heterocycles. The second kappa shape index (κ2) is 47.0. The molecule has 11 N–H and O–H groups in total. The molecule has 12 aromatic rings. The zero-order valence-electron chi connectivity index (χ0n) is 81.7. The number of aryl methyl sites for hydroxylation is 4. The molecule has 764 valence electrons. The quantitative estimate of drug-likeness (QED) is 0.0195. The number of aliphatic hydroxyl groups is 3. The monoisotopic (exact) mass is 2100 g/mol. The predicted octanol–water partition coefficient (Wildman–Crippen LogP) is 19.9. The molecule has 4 atom stereocenters. The van der Waals surface area contributed by atoms with Gasteiger partial charge in [0.05, 0.1) is 115 Å². The van der Waals surface area contributed by atoms with Gasteiger partial charge in [0.15, 0.2) is 40.6 Å². The number of piperidine rings is 1. The Bertz CT molecular complexity index is 6410. The van der Waals surface area contributed by atoms with Crippen LogP contribution in [0, 0.1) is 74.1 Å². The number of nitrogen functional groups attached to an aromatic ring is 4. The van der Waals surface area contributed by atoms with Gasteiger partial charge in [-0.25, -0.2) is 57.4 Å². The van der Waals surface area contributed by atoms with Gasteiger partial charge < -0.3 is 66.8 Å². The molecular weight excluding hydrogens is 1980 g/mol. The number of hydrogen-bond acceptors (Lipinski definition) is 24. The minimum atomic E-state index is -0.786. The number of carbonyl (C=O) groups excluding carboxylic acids is 4. The molecule has 0 unspecified atom stereocenters. The maximum Gasteiger partial charge on any atom is 0.260 e. The Morgan fingerprint density at radius 2 is 0.652 bits per heavy atom. The van der Waals surface area contributed by atoms with Crippen molar-refractivity contribution in [1.29, 1.82) is 0 Å². The number of ether oxygens (including phenoxy) is 5. The second-order valence-electron chi connectivity index (χ2n) is 38.1. The summed E-state index contributed by atoms with van der Waals surface area (Å²) in [5, 5.41) is 28.4. The Morgan fingerprint density at radius 3 is 0.894 bits per heavy atom. The molecule has 29 nitrogen and oxygen atoms in total. The third kappa shape index (κ3) is 23.8. The second-order valence-corrected chi connectivity index (χ2v) is 39.7. The molecule has 0 bridgehead atoms. The van der Waals surface area contributed by atoms with Gasteiger partial charge >= 0.3 is 0 Å². The van der Waals surface area contributed by atoms with E-state index in [0.29, 0.717) is 160 Å². The van der Waals surface area contributed by atoms with Gasteiger partial charge in [0, 0.05) is 133 Å². The summed E-state index contributed by atoms with van der Waals surface area (Å²) in [5.41, 5.74) is 31.9. The number of aliphatic hydroxyl groups excluding tert-OH is 3. The van der Waals surface area contributed by atoms with E-state index in [0.717, 1.165) is 44.6 Å². The van der Waals surface area contributed by atoms with Crippen molar-refractivity contribution in [2.45, 2.75) is 261 Å². The van der Waals surface area contributed by atoms with Gasteiger partial charge in [-0.15, -0.1) is 0 Å². The lowest BCUT2D eigenvalue weighted by atomic mass is 9.76. The van der Waals surface area contributed by atoms with Crippen LogP contribution in [0.2, 0.25) is 20.1 Å². The van der Waals surface area contributed by atoms with E-state index in [1.165, 1.54) is 24.3 Å². The lowest BCUT2D eigenvalue weighted by molar-refractivity contribution is -0.136. The van der Waals surface area contributed by atoms with Gasteiger partial charge in [-0.2, -0.15) is 54.0 Å². The van der Waals surface area contributed by atoms with Crippen molar-refractivity contribution >= 4 is 169 Å². The molecule has 5 fully saturated rings. The summed E-state index contributed by atoms with van der Waals surface area (Å²) in [6.07, 6.45) is 18.2. The molecule has 3 saturated carbocycles. The number of anilines is 4. The zero-order chi connectivity index (χ0) is 99.3. The van der Waals surface area contributed by atoms with E-state index >= 15 is 17.6 Å². The molecule has 1 amide bonds. The van der Waals surface area contributed by atoms with Gasteiger partial charge in [-0.3, -0.25) is 36.8 Å². The fourth-order valence-corrected chi connectivity index (χ4v) is 20.1. The van der Waals surface area contributed by atoms with E-state index in [4.69, 9.17) is 113 Å². The topological polar surface area (TPSA) is 403 Å². The van der Waals surface area contributed by atoms with Crippen molar-refractivity contribution in [2.24, 2.45) is 23.2 Å². The highest BCUT2D eigenvalue weighted by molar-refractivity contribution is 7.59. The Balaban J connectivity index is 0.000000192. The number of nitrogens with two attached hydrogens (primary N) is 4. The maximum atomic E-state index is 15.6. The Hall–Kier alpha value is -9.64. The number of rotatable bonds is 26. The molecule has 5 aliphatic rings. The summed E-state index contributed by atoms with van der Waals surface area (Å²) >= 11 is 25.3. The molecule has 4 aromatic carbocycles. The first-order valence-electron chi connectivity index (χ1n) is 46.5. The normalized spacial score (nSPS) is 18.3. The summed E-state index contributed by atoms with van der Waals surface area (Å²) < 4.78 is 98.6. The van der Waals surface area contributed by atoms with E-state index in [1.54, 1.807) is 54.5 Å². The molecule has 41 heteroatoms. The number of nitrogens with zero attached hydrogens (tertiary/aromatic N) is 13. The smallest absolute Gasteiger partial charge is 0.260 e. The Labute approximate surface area is 864 Å². The van der Waals surface area contributed by atoms with E-state index in [9.17, 15) is 34.5 Å². The highest BCUT2D eigenvalue weighted by Gasteiger charge is 2.45. The third-order valence-electron chi connectivity index (χ3n) is 26.4. The first-order valence-corrected chi connectivity index (χ1v) is 48.0. The van der Waals surface area contributed by atoms with Crippen LogP contribution in [-0.4, -0.2) is 170 Å². The van der Waals surface area contributed by atoms with E-state index in [2.05, 4.69) is 19.9 Å². The third-order valence-corrected chi connectivity index (χ3v) is 27.5. The van der Waals surface area contributed by atoms with Crippen LogP contribution in [0.3, 0.4) is 0 Å². The highest BCUT2D eigenvalue weighted by Crippen LogP contribution is 2.49. The number of ketones is 3. The fraction of sp³-hybridized carbons (Fsp3) is 0.480. The molecule has 2 saturated heterocycles. The summed E-state index contributed by atoms with van der Waals surface area (Å²) in [7, 11) is 0. The number of likely N-dealkylation sites (tertiary alicyclic amines) is 1. The van der Waals surface area contributed by atoms with Gasteiger partial charge in [-0.05, 0) is 189 Å². The van der Waals surface area contributed by atoms with Crippen molar-refractivity contribution < 1.29 is 75.7 Å². The number of halogens is 8. The van der Waals surface area contributed by atoms with Crippen molar-refractivity contribution in [2.75, 3.05) is 49.2 Å². The predicted molar refractivity (Wildman–Crippen MR) is 559 cm³/mol. The molecule has 2 aliphatic heterocycles. The van der Waals surface area contributed by atoms with E-state index < -0.39 is 53.2 Å². The Kier molecular flexibility index (Phi) is 37.8. The first kappa shape index (κ1) is 113. The summed E-state index contributed by atoms with van der Waals surface area (Å²) in [6, 6.07) is 6.07. The number of amides is 1. The molecule has 141 heavy (non-hydrogen) atoms. The average molecular weight is 2110 g/mol. The zero-order valence-corrected chi connectivity index (χ0v) is 88.7. The fourth-order valence-electron chi connectivity index (χ4n) is 19.2. The van der Waals surface area contributed by atoms with Crippen molar-refractivity contribution in [3.05, 3.63) is 208 Å². The lowest BCUT2D eigenvalue weighted by Crippen LogP contribution is -2.52. The summed E-state index contributed by atoms with van der Waals surface area (Å²) in [6.45, 7) is 32.2. The van der Waals surface area contributed by atoms with Gasteiger partial charge in [0.25, 0.3) is 5.91 Å². The number of aromatic nitrogens is 12. The number of carbonyl (C=O) groups is 4. The molecule has 3 aliphatic carbocycles. The van der Waals surface area contributed by atoms with Crippen molar-refractivity contribution in [1.82, 2.24) is 62.4 Å². The molecular formula is C100H127Cl4F4N17O12S4. The van der Waals surface area contributed by atoms with Crippen LogP contribution in [0.15, 0.2) is 73.8 Å². The standard InChI is InChI=1S/C26H31ClFN5O3.C26H32ClFN4O3.2C24H28ClFN4O3.4H2S/c1-14(2)36-22-17(15(3)24-31-16(4)21-23(29)30-7-10-33(21)24)11-18(27)20(28)19(22)25(34)32-8-5-26(6-9-32)12-35-13-26;1-13(2)35-24-18(14(3)26-31-15(4)23-25(29)30-9-10-32(23)26)12-19(27)22(28)21(24)20(34)11-16-5-7-17(33)8-6-16;2*1-11(2)33-22-16(12(3)24-29-13(4)21-23(27)28-5-6-30(21)24)10-17(25)20(26)19(22)18(32)9-14-7-15(31)8-14;;;;/h7,10-11,14-15H,5-6,8-9,12-13H2,1-4H3,(H2,29,30);9-10,12-14,16-17,33H,5-8,11H2,1-4H3,(H2,29,30);2*5-6,10-12,14-15,31H,7-9H2,1-4H3,(H2,27,28);4*1H2/t15-;14-,16?,17?;2*12-,14?,15?;;;;/m0000..../s1. The van der Waals surface area contributed by atoms with Crippen LogP contribution in [0.4, 0.5) is 40.8 Å². The van der Waals surface area contributed by atoms with Gasteiger partial charge in [0.2, 0.25) is 0 Å². The van der Waals surface area contributed by atoms with Gasteiger partial charge in [0.1, 0.15) is 97.2 Å². The van der Waals surface area contributed by atoms with Crippen LogP contribution in [0.5, 0.6) is 23.0 Å². The van der Waals surface area contributed by atoms with Crippen LogP contribution >= 0.6 is 100 Å². The minimum Gasteiger partial charge on any atom is -0.490 e. The lowest BCUT2D eigenvalue weighted by Gasteiger charge is -2.47. The molecule has 0 radical (unpaired) electrons. The van der Waals surface area contributed by atoms with Crippen LogP contribution in [-0.2, 0) is 4.74 Å². The maximum absolute atomic E-state index is 15.6. The average Bonchev–Trinajstić information content (AvgIpc) is 1.69.